The molecule has 2 heterocycles. The van der Waals surface area contributed by atoms with Crippen molar-refractivity contribution in [2.75, 3.05) is 43.8 Å². The lowest BCUT2D eigenvalue weighted by molar-refractivity contribution is -0.138. The minimum Gasteiger partial charge on any atom is -0.481 e. The highest BCUT2D eigenvalue weighted by Gasteiger charge is 2.34. The Bertz CT molecular complexity index is 1280. The number of rotatable bonds is 7. The lowest BCUT2D eigenvalue weighted by Crippen LogP contribution is -2.43. The van der Waals surface area contributed by atoms with Gasteiger partial charge in [-0.15, -0.1) is 0 Å². The summed E-state index contributed by atoms with van der Waals surface area (Å²) in [7, 11) is 0. The first-order valence-corrected chi connectivity index (χ1v) is 11.7. The Hall–Kier alpha value is -3.70. The smallest absolute Gasteiger partial charge is 0.416 e. The molecule has 0 aliphatic carbocycles. The molecule has 0 atom stereocenters. The van der Waals surface area contributed by atoms with Crippen LogP contribution < -0.4 is 21.1 Å². The third-order valence-corrected chi connectivity index (χ3v) is 6.05. The molecule has 11 heteroatoms. The molecule has 1 fully saturated rings. The van der Waals surface area contributed by atoms with E-state index in [-0.39, 0.29) is 23.5 Å². The Balaban J connectivity index is 1.40. The number of piperazine rings is 1. The molecule has 4 rings (SSSR count). The summed E-state index contributed by atoms with van der Waals surface area (Å²) in [6.07, 6.45) is -3.06. The van der Waals surface area contributed by atoms with Gasteiger partial charge in [0.05, 0.1) is 5.56 Å². The number of anilines is 2. The number of nitrogens with zero attached hydrogens (tertiary/aromatic N) is 2. The zero-order valence-electron chi connectivity index (χ0n) is 20.2. The number of hydrogen-bond acceptors (Lipinski definition) is 6. The zero-order chi connectivity index (χ0) is 26.6. The number of nitrogens with two attached hydrogens (primary N) is 1. The number of aromatic nitrogens is 1. The van der Waals surface area contributed by atoms with E-state index in [2.05, 4.69) is 15.6 Å². The SMILES string of the molecule is Cc1cc(-c2ccc(OCC(=O)Nc3ccc(CN4CCNCC4)c(C(F)(F)F)c3)c(F)c2)cnc1N. The third kappa shape index (κ3) is 6.75. The first-order valence-electron chi connectivity index (χ1n) is 11.7. The zero-order valence-corrected chi connectivity index (χ0v) is 20.2. The van der Waals surface area contributed by atoms with Crippen LogP contribution in [0.1, 0.15) is 16.7 Å². The fourth-order valence-corrected chi connectivity index (χ4v) is 4.05. The van der Waals surface area contributed by atoms with Crippen LogP contribution >= 0.6 is 0 Å². The van der Waals surface area contributed by atoms with Crippen molar-refractivity contribution in [2.45, 2.75) is 19.6 Å². The Morgan fingerprint density at radius 1 is 1.14 bits per heavy atom. The lowest BCUT2D eigenvalue weighted by atomic mass is 10.0. The molecule has 1 aliphatic heterocycles. The highest BCUT2D eigenvalue weighted by molar-refractivity contribution is 5.92. The van der Waals surface area contributed by atoms with Crippen LogP contribution in [0.3, 0.4) is 0 Å². The summed E-state index contributed by atoms with van der Waals surface area (Å²) in [5.41, 5.74) is 6.98. The van der Waals surface area contributed by atoms with Gasteiger partial charge < -0.3 is 21.1 Å². The summed E-state index contributed by atoms with van der Waals surface area (Å²) in [6, 6.07) is 9.69. The quantitative estimate of drug-likeness (QED) is 0.407. The molecule has 0 radical (unpaired) electrons. The van der Waals surface area contributed by atoms with Crippen molar-refractivity contribution in [3.63, 3.8) is 0 Å². The molecule has 196 valence electrons. The van der Waals surface area contributed by atoms with Gasteiger partial charge in [-0.2, -0.15) is 13.2 Å². The van der Waals surface area contributed by atoms with Crippen LogP contribution in [0.4, 0.5) is 29.1 Å². The van der Waals surface area contributed by atoms with Crippen molar-refractivity contribution in [1.29, 1.82) is 0 Å². The number of pyridine rings is 1. The number of amides is 1. The Kier molecular flexibility index (Phi) is 7.94. The Morgan fingerprint density at radius 3 is 2.57 bits per heavy atom. The Morgan fingerprint density at radius 2 is 1.89 bits per heavy atom. The molecule has 3 aromatic rings. The second-order valence-electron chi connectivity index (χ2n) is 8.80. The summed E-state index contributed by atoms with van der Waals surface area (Å²) >= 11 is 0. The molecule has 1 saturated heterocycles. The van der Waals surface area contributed by atoms with Crippen molar-refractivity contribution in [2.24, 2.45) is 0 Å². The van der Waals surface area contributed by atoms with Gasteiger partial charge in [0, 0.05) is 50.2 Å². The molecule has 4 N–H and O–H groups in total. The van der Waals surface area contributed by atoms with Crippen LogP contribution in [0.25, 0.3) is 11.1 Å². The van der Waals surface area contributed by atoms with Gasteiger partial charge in [-0.3, -0.25) is 9.69 Å². The van der Waals surface area contributed by atoms with Gasteiger partial charge >= 0.3 is 6.18 Å². The molecule has 0 saturated carbocycles. The summed E-state index contributed by atoms with van der Waals surface area (Å²) in [4.78, 5) is 18.3. The van der Waals surface area contributed by atoms with Crippen LogP contribution in [0.15, 0.2) is 48.7 Å². The average Bonchev–Trinajstić information content (AvgIpc) is 2.86. The maximum Gasteiger partial charge on any atom is 0.416 e. The summed E-state index contributed by atoms with van der Waals surface area (Å²) in [5.74, 6) is -1.20. The second-order valence-corrected chi connectivity index (χ2v) is 8.80. The molecule has 1 aromatic heterocycles. The largest absolute Gasteiger partial charge is 0.481 e. The topological polar surface area (TPSA) is 92.5 Å². The number of benzene rings is 2. The average molecular weight is 518 g/mol. The Labute approximate surface area is 211 Å². The standard InChI is InChI=1S/C26H27F4N5O2/c1-16-10-19(13-33-25(16)31)17-3-5-23(22(27)11-17)37-15-24(36)34-20-4-2-18(21(12-20)26(28,29)30)14-35-8-6-32-7-9-35/h2-5,10-13,32H,6-9,14-15H2,1H3,(H2,31,33)(H,34,36). The number of hydrogen-bond donors (Lipinski definition) is 3. The minimum atomic E-state index is -4.58. The van der Waals surface area contributed by atoms with E-state index >= 15 is 0 Å². The number of halogens is 4. The van der Waals surface area contributed by atoms with E-state index in [9.17, 15) is 22.4 Å². The van der Waals surface area contributed by atoms with E-state index in [1.807, 2.05) is 4.90 Å². The van der Waals surface area contributed by atoms with Crippen LogP contribution in [-0.2, 0) is 17.5 Å². The second kappa shape index (κ2) is 11.1. The van der Waals surface area contributed by atoms with Crippen molar-refractivity contribution in [3.05, 3.63) is 71.2 Å². The molecule has 0 spiro atoms. The van der Waals surface area contributed by atoms with Gasteiger partial charge in [-0.05, 0) is 53.9 Å². The number of alkyl halides is 3. The number of carbonyl (C=O) groups is 1. The minimum absolute atomic E-state index is 0.0213. The maximum absolute atomic E-state index is 14.6. The molecular weight excluding hydrogens is 490 g/mol. The van der Waals surface area contributed by atoms with E-state index < -0.39 is 30.1 Å². The van der Waals surface area contributed by atoms with Gasteiger partial charge in [-0.25, -0.2) is 9.37 Å². The number of nitrogen functional groups attached to an aromatic ring is 1. The molecule has 37 heavy (non-hydrogen) atoms. The van der Waals surface area contributed by atoms with Gasteiger partial charge in [0.15, 0.2) is 18.2 Å². The number of aryl methyl sites for hydroxylation is 1. The first kappa shape index (κ1) is 26.4. The molecule has 1 amide bonds. The lowest BCUT2D eigenvalue weighted by Gasteiger charge is -2.28. The van der Waals surface area contributed by atoms with Crippen LogP contribution in [0.2, 0.25) is 0 Å². The van der Waals surface area contributed by atoms with Crippen molar-refractivity contribution < 1.29 is 27.1 Å². The van der Waals surface area contributed by atoms with E-state index in [4.69, 9.17) is 10.5 Å². The van der Waals surface area contributed by atoms with Gasteiger partial charge in [0.25, 0.3) is 5.91 Å². The normalized spacial score (nSPS) is 14.4. The summed E-state index contributed by atoms with van der Waals surface area (Å²) in [6.45, 7) is 4.12. The first-order chi connectivity index (χ1) is 17.6. The predicted molar refractivity (Wildman–Crippen MR) is 132 cm³/mol. The maximum atomic E-state index is 14.6. The molecule has 7 nitrogen and oxygen atoms in total. The fourth-order valence-electron chi connectivity index (χ4n) is 4.05. The van der Waals surface area contributed by atoms with Crippen molar-refractivity contribution in [1.82, 2.24) is 15.2 Å². The van der Waals surface area contributed by atoms with Gasteiger partial charge in [0.1, 0.15) is 5.82 Å². The third-order valence-electron chi connectivity index (χ3n) is 6.05. The molecule has 1 aliphatic rings. The van der Waals surface area contributed by atoms with Crippen LogP contribution in [-0.4, -0.2) is 48.6 Å². The van der Waals surface area contributed by atoms with Gasteiger partial charge in [0.2, 0.25) is 0 Å². The van der Waals surface area contributed by atoms with Crippen LogP contribution in [0, 0.1) is 12.7 Å². The van der Waals surface area contributed by atoms with E-state index in [0.717, 1.165) is 24.7 Å². The molecular formula is C26H27F4N5O2. The molecule has 2 aromatic carbocycles. The van der Waals surface area contributed by atoms with E-state index in [1.165, 1.54) is 30.5 Å². The highest BCUT2D eigenvalue weighted by atomic mass is 19.4. The number of ether oxygens (including phenoxy) is 1. The summed E-state index contributed by atoms with van der Waals surface area (Å²) < 4.78 is 61.0. The molecule has 0 unspecified atom stereocenters. The van der Waals surface area contributed by atoms with Gasteiger partial charge in [-0.1, -0.05) is 12.1 Å². The van der Waals surface area contributed by atoms with Crippen molar-refractivity contribution in [3.8, 4) is 16.9 Å². The van der Waals surface area contributed by atoms with Crippen LogP contribution in [0.5, 0.6) is 5.75 Å². The number of nitrogens with one attached hydrogen (secondary N) is 2. The number of carbonyl (C=O) groups excluding carboxylic acids is 1. The monoisotopic (exact) mass is 517 g/mol. The highest BCUT2D eigenvalue weighted by Crippen LogP contribution is 2.34. The van der Waals surface area contributed by atoms with E-state index in [1.54, 1.807) is 19.1 Å². The van der Waals surface area contributed by atoms with Crippen molar-refractivity contribution >= 4 is 17.4 Å². The molecule has 0 bridgehead atoms. The van der Waals surface area contributed by atoms with E-state index in [0.29, 0.717) is 30.0 Å². The summed E-state index contributed by atoms with van der Waals surface area (Å²) in [5, 5.41) is 5.56. The predicted octanol–water partition coefficient (Wildman–Crippen LogP) is 4.22. The fraction of sp³-hybridized carbons (Fsp3) is 0.308.